The fourth-order valence-electron chi connectivity index (χ4n) is 5.25. The van der Waals surface area contributed by atoms with E-state index >= 15 is 0 Å². The molecule has 1 spiro atoms. The second-order valence-corrected chi connectivity index (χ2v) is 8.89. The molecule has 0 aromatic heterocycles. The SMILES string of the molecule is COC1[C@H](C)CC2(Cc3ccc(Br)cc3[C@H]2N=C(C)C(=N)N)C[C@@H]1C. The molecule has 0 amide bonds. The van der Waals surface area contributed by atoms with Gasteiger partial charge in [0.15, 0.2) is 0 Å². The summed E-state index contributed by atoms with van der Waals surface area (Å²) < 4.78 is 6.85. The Bertz CT molecular complexity index is 703. The lowest BCUT2D eigenvalue weighted by atomic mass is 9.61. The molecule has 136 valence electrons. The first-order chi connectivity index (χ1) is 11.8. The highest BCUT2D eigenvalue weighted by atomic mass is 79.9. The third kappa shape index (κ3) is 3.28. The third-order valence-electron chi connectivity index (χ3n) is 6.09. The van der Waals surface area contributed by atoms with Gasteiger partial charge in [0.2, 0.25) is 0 Å². The molecule has 0 heterocycles. The van der Waals surface area contributed by atoms with Crippen molar-refractivity contribution in [3.63, 3.8) is 0 Å². The molecule has 1 saturated carbocycles. The van der Waals surface area contributed by atoms with Crippen molar-refractivity contribution in [1.29, 1.82) is 5.41 Å². The minimum absolute atomic E-state index is 0.0604. The van der Waals surface area contributed by atoms with Crippen LogP contribution in [0.25, 0.3) is 0 Å². The number of benzene rings is 1. The van der Waals surface area contributed by atoms with Gasteiger partial charge < -0.3 is 10.5 Å². The molecular weight excluding hydrogens is 378 g/mol. The Balaban J connectivity index is 2.07. The number of aliphatic imine (C=N–C) groups is 1. The molecule has 5 atom stereocenters. The van der Waals surface area contributed by atoms with Crippen LogP contribution in [0.4, 0.5) is 0 Å². The van der Waals surface area contributed by atoms with E-state index in [1.165, 1.54) is 11.1 Å². The van der Waals surface area contributed by atoms with E-state index in [1.54, 1.807) is 0 Å². The number of ether oxygens (including phenoxy) is 1. The number of hydrogen-bond donors (Lipinski definition) is 2. The average molecular weight is 406 g/mol. The van der Waals surface area contributed by atoms with Gasteiger partial charge in [0.05, 0.1) is 17.9 Å². The van der Waals surface area contributed by atoms with E-state index in [4.69, 9.17) is 20.9 Å². The zero-order valence-electron chi connectivity index (χ0n) is 15.5. The first-order valence-electron chi connectivity index (χ1n) is 8.97. The summed E-state index contributed by atoms with van der Waals surface area (Å²) in [5.74, 6) is 1.04. The van der Waals surface area contributed by atoms with Crippen LogP contribution < -0.4 is 5.73 Å². The van der Waals surface area contributed by atoms with Crippen LogP contribution in [-0.4, -0.2) is 24.8 Å². The summed E-state index contributed by atoms with van der Waals surface area (Å²) in [6, 6.07) is 6.59. The molecule has 2 unspecified atom stereocenters. The quantitative estimate of drug-likeness (QED) is 0.573. The Morgan fingerprint density at radius 2 is 1.96 bits per heavy atom. The number of nitrogens with zero attached hydrogens (tertiary/aromatic N) is 1. The second-order valence-electron chi connectivity index (χ2n) is 7.98. The number of hydrogen-bond acceptors (Lipinski definition) is 3. The maximum absolute atomic E-state index is 7.75. The van der Waals surface area contributed by atoms with Crippen molar-refractivity contribution in [2.75, 3.05) is 7.11 Å². The van der Waals surface area contributed by atoms with Gasteiger partial charge in [-0.05, 0) is 61.3 Å². The molecule has 2 aliphatic carbocycles. The van der Waals surface area contributed by atoms with Crippen molar-refractivity contribution in [2.24, 2.45) is 28.0 Å². The predicted molar refractivity (Wildman–Crippen MR) is 106 cm³/mol. The highest BCUT2D eigenvalue weighted by Crippen LogP contribution is 2.58. The van der Waals surface area contributed by atoms with Crippen LogP contribution in [0.5, 0.6) is 0 Å². The van der Waals surface area contributed by atoms with Crippen LogP contribution in [0.1, 0.15) is 50.8 Å². The number of halogens is 1. The molecule has 0 radical (unpaired) electrons. The van der Waals surface area contributed by atoms with Crippen LogP contribution in [0.2, 0.25) is 0 Å². The van der Waals surface area contributed by atoms with Crippen LogP contribution >= 0.6 is 15.9 Å². The number of amidine groups is 1. The van der Waals surface area contributed by atoms with Gasteiger partial charge in [-0.25, -0.2) is 0 Å². The summed E-state index contributed by atoms with van der Waals surface area (Å²) in [6.07, 6.45) is 3.52. The predicted octanol–water partition coefficient (Wildman–Crippen LogP) is 4.51. The summed E-state index contributed by atoms with van der Waals surface area (Å²) in [4.78, 5) is 4.96. The molecule has 3 rings (SSSR count). The fourth-order valence-corrected chi connectivity index (χ4v) is 5.63. The first-order valence-corrected chi connectivity index (χ1v) is 9.76. The summed E-state index contributed by atoms with van der Waals surface area (Å²) in [6.45, 7) is 6.44. The van der Waals surface area contributed by atoms with Gasteiger partial charge in [0.25, 0.3) is 0 Å². The van der Waals surface area contributed by atoms with Gasteiger partial charge in [-0.15, -0.1) is 0 Å². The Morgan fingerprint density at radius 3 is 2.52 bits per heavy atom. The Morgan fingerprint density at radius 1 is 1.32 bits per heavy atom. The van der Waals surface area contributed by atoms with Gasteiger partial charge in [-0.3, -0.25) is 10.4 Å². The molecule has 0 bridgehead atoms. The zero-order chi connectivity index (χ0) is 18.4. The van der Waals surface area contributed by atoms with Gasteiger partial charge in [0.1, 0.15) is 5.84 Å². The molecule has 1 aromatic rings. The van der Waals surface area contributed by atoms with Gasteiger partial charge in [-0.1, -0.05) is 35.8 Å². The highest BCUT2D eigenvalue weighted by molar-refractivity contribution is 9.10. The molecule has 3 N–H and O–H groups in total. The Hall–Kier alpha value is -1.20. The van der Waals surface area contributed by atoms with Gasteiger partial charge in [0, 0.05) is 17.0 Å². The van der Waals surface area contributed by atoms with E-state index in [2.05, 4.69) is 48.0 Å². The summed E-state index contributed by atoms with van der Waals surface area (Å²) in [7, 11) is 1.83. The minimum Gasteiger partial charge on any atom is -0.383 e. The number of fused-ring (bicyclic) bond motifs is 1. The number of methoxy groups -OCH3 is 1. The van der Waals surface area contributed by atoms with Crippen LogP contribution in [0.3, 0.4) is 0 Å². The fraction of sp³-hybridized carbons (Fsp3) is 0.600. The smallest absolute Gasteiger partial charge is 0.136 e. The Labute approximate surface area is 158 Å². The van der Waals surface area contributed by atoms with E-state index in [0.717, 1.165) is 23.7 Å². The van der Waals surface area contributed by atoms with Crippen molar-refractivity contribution in [1.82, 2.24) is 0 Å². The van der Waals surface area contributed by atoms with E-state index in [9.17, 15) is 0 Å². The molecular formula is C20H28BrN3O. The molecule has 1 fully saturated rings. The minimum atomic E-state index is 0.0604. The highest BCUT2D eigenvalue weighted by Gasteiger charge is 2.52. The normalized spacial score (nSPS) is 35.0. The zero-order valence-corrected chi connectivity index (χ0v) is 17.1. The summed E-state index contributed by atoms with van der Waals surface area (Å²) >= 11 is 3.61. The van der Waals surface area contributed by atoms with Crippen LogP contribution in [-0.2, 0) is 11.2 Å². The van der Waals surface area contributed by atoms with E-state index in [-0.39, 0.29) is 17.3 Å². The first kappa shape index (κ1) is 18.6. The van der Waals surface area contributed by atoms with E-state index < -0.39 is 0 Å². The lowest BCUT2D eigenvalue weighted by molar-refractivity contribution is -0.0573. The molecule has 0 aliphatic heterocycles. The number of nitrogens with one attached hydrogen (secondary N) is 1. The molecule has 25 heavy (non-hydrogen) atoms. The molecule has 4 nitrogen and oxygen atoms in total. The van der Waals surface area contributed by atoms with Crippen LogP contribution in [0.15, 0.2) is 27.7 Å². The lowest BCUT2D eigenvalue weighted by Gasteiger charge is -2.47. The van der Waals surface area contributed by atoms with Crippen molar-refractivity contribution in [3.8, 4) is 0 Å². The topological polar surface area (TPSA) is 71.5 Å². The summed E-state index contributed by atoms with van der Waals surface area (Å²) in [5.41, 5.74) is 9.09. The lowest BCUT2D eigenvalue weighted by Crippen LogP contribution is -2.44. The van der Waals surface area contributed by atoms with Crippen molar-refractivity contribution < 1.29 is 4.74 Å². The van der Waals surface area contributed by atoms with Crippen molar-refractivity contribution >= 4 is 27.5 Å². The number of rotatable bonds is 3. The summed E-state index contributed by atoms with van der Waals surface area (Å²) in [5, 5.41) is 7.75. The molecule has 5 heteroatoms. The van der Waals surface area contributed by atoms with E-state index in [1.807, 2.05) is 14.0 Å². The van der Waals surface area contributed by atoms with E-state index in [0.29, 0.717) is 23.7 Å². The molecule has 2 aliphatic rings. The third-order valence-corrected chi connectivity index (χ3v) is 6.58. The van der Waals surface area contributed by atoms with Gasteiger partial charge >= 0.3 is 0 Å². The van der Waals surface area contributed by atoms with Crippen molar-refractivity contribution in [3.05, 3.63) is 33.8 Å². The maximum Gasteiger partial charge on any atom is 0.136 e. The second kappa shape index (κ2) is 6.84. The number of nitrogens with two attached hydrogens (primary N) is 1. The molecule has 1 aromatic carbocycles. The van der Waals surface area contributed by atoms with Gasteiger partial charge in [-0.2, -0.15) is 0 Å². The van der Waals surface area contributed by atoms with Crippen LogP contribution in [0, 0.1) is 22.7 Å². The molecule has 0 saturated heterocycles. The average Bonchev–Trinajstić information content (AvgIpc) is 2.79. The van der Waals surface area contributed by atoms with Crippen molar-refractivity contribution in [2.45, 2.75) is 52.2 Å². The maximum atomic E-state index is 7.75. The largest absolute Gasteiger partial charge is 0.383 e. The monoisotopic (exact) mass is 405 g/mol. The Kier molecular flexibility index (Phi) is 5.09. The standard InChI is InChI=1S/C20H28BrN3O/c1-11-8-20(9-12(2)17(11)25-4)10-14-5-6-15(21)7-16(14)18(20)24-13(3)19(22)23/h5-7,11-12,17-18H,8-10H2,1-4H3,(H3,22,23)/t11-,12+,17?,18-,20?/m1/s1.